The number of nitrogens with zero attached hydrogens (tertiary/aromatic N) is 1. The third kappa shape index (κ3) is 14.6. The first-order chi connectivity index (χ1) is 33.2. The van der Waals surface area contributed by atoms with Gasteiger partial charge in [0.05, 0.1) is 63.8 Å². The molecule has 380 valence electrons. The average Bonchev–Trinajstić information content (AvgIpc) is 3.83. The Kier molecular flexibility index (Phi) is 19.0. The van der Waals surface area contributed by atoms with E-state index in [4.69, 9.17) is 4.74 Å². The van der Waals surface area contributed by atoms with Crippen molar-refractivity contribution in [1.29, 1.82) is 0 Å². The highest BCUT2D eigenvalue weighted by Crippen LogP contribution is 2.26. The fourth-order valence-corrected chi connectivity index (χ4v) is 8.26. The van der Waals surface area contributed by atoms with Crippen LogP contribution in [0.4, 0.5) is 0 Å². The summed E-state index contributed by atoms with van der Waals surface area (Å²) in [4.78, 5) is 109. The summed E-state index contributed by atoms with van der Waals surface area (Å²) in [6.45, 7) is -0.413. The molecule has 0 saturated carbocycles. The molecule has 70 heavy (non-hydrogen) atoms. The van der Waals surface area contributed by atoms with Crippen molar-refractivity contribution >= 4 is 64.3 Å². The van der Waals surface area contributed by atoms with Gasteiger partial charge in [-0.05, 0) is 54.5 Å². The number of fused-ring (bicyclic) bond motifs is 2. The van der Waals surface area contributed by atoms with Crippen molar-refractivity contribution in [2.24, 2.45) is 5.92 Å². The van der Waals surface area contributed by atoms with Gasteiger partial charge in [-0.15, -0.1) is 0 Å². The molecule has 0 unspecified atom stereocenters. The zero-order valence-electron chi connectivity index (χ0n) is 39.0. The number of carbonyl (C=O) groups is 8. The second-order valence-electron chi connectivity index (χ2n) is 17.7. The number of benzene rings is 2. The monoisotopic (exact) mass is 978 g/mol. The van der Waals surface area contributed by atoms with Gasteiger partial charge in [0.1, 0.15) is 23.6 Å². The molecular weight excluding hydrogens is 917 g/mol. The van der Waals surface area contributed by atoms with E-state index in [0.29, 0.717) is 36.6 Å². The molecule has 2 fully saturated rings. The average molecular weight is 979 g/mol. The van der Waals surface area contributed by atoms with Crippen molar-refractivity contribution in [2.45, 2.75) is 107 Å². The van der Waals surface area contributed by atoms with Crippen molar-refractivity contribution in [3.63, 3.8) is 0 Å². The van der Waals surface area contributed by atoms with Crippen LogP contribution >= 0.6 is 0 Å². The Hall–Kier alpha value is -6.92. The maximum Gasteiger partial charge on any atom is 0.352 e. The maximum absolute atomic E-state index is 13.7. The normalized spacial score (nSPS) is 25.2. The molecule has 3 heterocycles. The van der Waals surface area contributed by atoms with Gasteiger partial charge in [-0.1, -0.05) is 55.8 Å². The van der Waals surface area contributed by atoms with E-state index in [0.717, 1.165) is 16.2 Å². The molecule has 0 aliphatic carbocycles. The summed E-state index contributed by atoms with van der Waals surface area (Å²) in [5.41, 5.74) is -1.26. The largest absolute Gasteiger partial charge is 0.497 e. The highest BCUT2D eigenvalue weighted by atomic mass is 16.5. The number of carbonyl (C=O) groups excluding carboxylic acids is 7. The van der Waals surface area contributed by atoms with Crippen LogP contribution in [0, 0.1) is 5.92 Å². The SMILES string of the molecule is COc1ccc(/C=C/CCCC[C@H](C)[C@H](O)[C@@H](O)[C@H]2NC(=O)C[C@@H](O)CNC(=O)CNC(=O)[C@H](Cc3c(C(=O)O)[nH]c4ccccc34)NC(=O)CN(C)C(=O)C[C@@]3(O)NC(=O)C[C@@H]3NC(=O)[C@H]2O)cc1. The molecule has 1 aromatic heterocycles. The van der Waals surface area contributed by atoms with Crippen molar-refractivity contribution in [3.05, 3.63) is 71.4 Å². The first kappa shape index (κ1) is 54.0. The summed E-state index contributed by atoms with van der Waals surface area (Å²) in [7, 11) is 2.74. The molecule has 13 N–H and O–H groups in total. The summed E-state index contributed by atoms with van der Waals surface area (Å²) in [6, 6.07) is 8.87. The van der Waals surface area contributed by atoms with E-state index < -0.39 is 147 Å². The molecule has 2 saturated heterocycles. The number of rotatable bonds is 13. The van der Waals surface area contributed by atoms with Crippen LogP contribution in [0.1, 0.15) is 73.5 Å². The molecule has 7 amide bonds. The minimum atomic E-state index is -2.51. The lowest BCUT2D eigenvalue weighted by Crippen LogP contribution is -2.63. The summed E-state index contributed by atoms with van der Waals surface area (Å²) in [5.74, 6) is -8.20. The van der Waals surface area contributed by atoms with Gasteiger partial charge in [-0.3, -0.25) is 33.6 Å². The quantitative estimate of drug-likeness (QED) is 0.0818. The molecule has 5 rings (SSSR count). The van der Waals surface area contributed by atoms with Gasteiger partial charge in [-0.25, -0.2) is 4.79 Å². The lowest BCUT2D eigenvalue weighted by Gasteiger charge is -2.35. The number of aliphatic hydroxyl groups is 5. The molecule has 3 aromatic rings. The second-order valence-corrected chi connectivity index (χ2v) is 17.7. The highest BCUT2D eigenvalue weighted by molar-refractivity contribution is 5.99. The van der Waals surface area contributed by atoms with Crippen molar-refractivity contribution < 1.29 is 73.7 Å². The number of aromatic carboxylic acids is 1. The van der Waals surface area contributed by atoms with E-state index in [1.54, 1.807) is 38.3 Å². The number of amides is 7. The standard InChI is InChI=1S/C47H62N8O15/c1-25(10-6-4-5-7-11-26-14-16-28(70-3)17-15-26)41(62)42(63)40-43(64)45(66)52-33-20-35(58)54-47(33,69)21-38(61)55(2)24-37(60)50-32(19-30-29-12-8-9-13-31(29)51-39(30)46(67)68)44(65)49-23-36(59)48-22-27(56)18-34(57)53-40/h7-9,11-17,25,27,32-33,40-43,51,56,62-64,69H,4-6,10,18-24H2,1-3H3,(H,48,59)(H,49,65)(H,50,60)(H,52,66)(H,53,57)(H,54,58)(H,67,68)/b11-7+/t25-,27+,32-,33-,40+,41-,42-,43-,47-/m0/s1. The first-order valence-electron chi connectivity index (χ1n) is 22.8. The number of nitrogens with one attached hydrogen (secondary N) is 7. The van der Waals surface area contributed by atoms with Crippen LogP contribution in [0.3, 0.4) is 0 Å². The van der Waals surface area contributed by atoms with Crippen molar-refractivity contribution in [1.82, 2.24) is 41.8 Å². The smallest absolute Gasteiger partial charge is 0.352 e. The van der Waals surface area contributed by atoms with E-state index in [2.05, 4.69) is 36.9 Å². The summed E-state index contributed by atoms with van der Waals surface area (Å²) in [6.07, 6.45) is -4.06. The zero-order chi connectivity index (χ0) is 51.3. The molecule has 2 aliphatic heterocycles. The number of unbranched alkanes of at least 4 members (excludes halogenated alkanes) is 2. The number of carboxylic acids is 1. The zero-order valence-corrected chi connectivity index (χ0v) is 39.0. The van der Waals surface area contributed by atoms with Crippen LogP contribution in [0.2, 0.25) is 0 Å². The molecular formula is C47H62N8O15. The van der Waals surface area contributed by atoms with Gasteiger partial charge in [0.2, 0.25) is 35.4 Å². The molecule has 0 bridgehead atoms. The van der Waals surface area contributed by atoms with Crippen LogP contribution in [0.5, 0.6) is 5.75 Å². The predicted octanol–water partition coefficient (Wildman–Crippen LogP) is -2.08. The number of methoxy groups -OCH3 is 1. The van der Waals surface area contributed by atoms with Gasteiger partial charge in [0, 0.05) is 30.9 Å². The van der Waals surface area contributed by atoms with Gasteiger partial charge in [0.15, 0.2) is 11.8 Å². The van der Waals surface area contributed by atoms with Crippen molar-refractivity contribution in [3.8, 4) is 5.75 Å². The summed E-state index contributed by atoms with van der Waals surface area (Å²) in [5, 5.41) is 80.8. The molecule has 2 aliphatic rings. The van der Waals surface area contributed by atoms with E-state index in [-0.39, 0.29) is 11.3 Å². The number of H-pyrrole nitrogens is 1. The number of β-amino-alcohol motifs (C(OH)–C–C–N with tert-alkyl or cyclic N) is 1. The topological polar surface area (TPSA) is 358 Å². The minimum absolute atomic E-state index is 0.133. The fraction of sp³-hybridized carbons (Fsp3) is 0.489. The molecule has 23 heteroatoms. The molecule has 9 atom stereocenters. The van der Waals surface area contributed by atoms with Gasteiger partial charge in [-0.2, -0.15) is 0 Å². The Bertz CT molecular complexity index is 2410. The molecule has 0 spiro atoms. The third-order valence-corrected chi connectivity index (χ3v) is 12.3. The predicted molar refractivity (Wildman–Crippen MR) is 249 cm³/mol. The molecule has 23 nitrogen and oxygen atoms in total. The van der Waals surface area contributed by atoms with Gasteiger partial charge < -0.3 is 77.2 Å². The second kappa shape index (κ2) is 24.6. The number of para-hydroxylation sites is 1. The van der Waals surface area contributed by atoms with Crippen LogP contribution < -0.4 is 36.6 Å². The molecule has 2 aromatic carbocycles. The first-order valence-corrected chi connectivity index (χ1v) is 22.8. The Balaban J connectivity index is 1.33. The van der Waals surface area contributed by atoms with E-state index in [1.807, 2.05) is 36.4 Å². The Morgan fingerprint density at radius 3 is 2.30 bits per heavy atom. The molecule has 0 radical (unpaired) electrons. The number of ether oxygens (including phenoxy) is 1. The van der Waals surface area contributed by atoms with Crippen LogP contribution in [-0.4, -0.2) is 170 Å². The maximum atomic E-state index is 13.7. The van der Waals surface area contributed by atoms with E-state index in [1.165, 1.54) is 7.05 Å². The number of aromatic nitrogens is 1. The number of aliphatic hydroxyl groups excluding tert-OH is 4. The lowest BCUT2D eigenvalue weighted by molar-refractivity contribution is -0.145. The van der Waals surface area contributed by atoms with Crippen LogP contribution in [0.25, 0.3) is 17.0 Å². The number of allylic oxidation sites excluding steroid dienone is 1. The number of hydrogen-bond donors (Lipinski definition) is 13. The lowest BCUT2D eigenvalue weighted by atomic mass is 9.88. The number of aromatic amines is 1. The number of likely N-dealkylation sites (N-methyl/N-ethyl adjacent to an activating group) is 1. The number of hydrogen-bond acceptors (Lipinski definition) is 14. The Morgan fingerprint density at radius 1 is 0.886 bits per heavy atom. The number of carboxylic acid groups (broad SMARTS) is 1. The van der Waals surface area contributed by atoms with E-state index >= 15 is 0 Å². The highest BCUT2D eigenvalue weighted by Gasteiger charge is 2.49. The third-order valence-electron chi connectivity index (χ3n) is 12.3. The Morgan fingerprint density at radius 2 is 1.60 bits per heavy atom. The van der Waals surface area contributed by atoms with Gasteiger partial charge >= 0.3 is 5.97 Å². The van der Waals surface area contributed by atoms with Gasteiger partial charge in [0.25, 0.3) is 5.91 Å². The van der Waals surface area contributed by atoms with E-state index in [9.17, 15) is 69.0 Å². The Labute approximate surface area is 402 Å². The van der Waals surface area contributed by atoms with Crippen molar-refractivity contribution in [2.75, 3.05) is 33.8 Å². The summed E-state index contributed by atoms with van der Waals surface area (Å²) >= 11 is 0. The summed E-state index contributed by atoms with van der Waals surface area (Å²) < 4.78 is 5.18. The van der Waals surface area contributed by atoms with Crippen LogP contribution in [-0.2, 0) is 40.0 Å². The van der Waals surface area contributed by atoms with Crippen LogP contribution in [0.15, 0.2) is 54.6 Å². The fourth-order valence-electron chi connectivity index (χ4n) is 8.26. The minimum Gasteiger partial charge on any atom is -0.497 e.